The van der Waals surface area contributed by atoms with Crippen molar-refractivity contribution in [1.82, 2.24) is 10.2 Å². The Bertz CT molecular complexity index is 424. The molecule has 0 amide bonds. The summed E-state index contributed by atoms with van der Waals surface area (Å²) in [4.78, 5) is 4.24. The summed E-state index contributed by atoms with van der Waals surface area (Å²) in [6, 6.07) is 2.93. The van der Waals surface area contributed by atoms with Crippen LogP contribution >= 0.6 is 27.3 Å². The van der Waals surface area contributed by atoms with Gasteiger partial charge in [0.1, 0.15) is 0 Å². The lowest BCUT2D eigenvalue weighted by Crippen LogP contribution is -2.35. The molecule has 1 aromatic heterocycles. The normalized spacial score (nSPS) is 24.4. The van der Waals surface area contributed by atoms with Crippen LogP contribution in [0.2, 0.25) is 0 Å². The lowest BCUT2D eigenvalue weighted by atomic mass is 9.94. The minimum absolute atomic E-state index is 0.591. The molecule has 1 saturated heterocycles. The number of rotatable bonds is 4. The highest BCUT2D eigenvalue weighted by Crippen LogP contribution is 2.37. The second kappa shape index (κ2) is 7.39. The summed E-state index contributed by atoms with van der Waals surface area (Å²) in [7, 11) is 0. The van der Waals surface area contributed by atoms with E-state index in [0.717, 1.165) is 6.54 Å². The Kier molecular flexibility index (Phi) is 5.55. The van der Waals surface area contributed by atoms with E-state index in [4.69, 9.17) is 0 Å². The van der Waals surface area contributed by atoms with E-state index in [1.165, 1.54) is 68.4 Å². The van der Waals surface area contributed by atoms with Gasteiger partial charge < -0.3 is 10.2 Å². The monoisotopic (exact) mass is 356 g/mol. The summed E-state index contributed by atoms with van der Waals surface area (Å²) in [5, 5.41) is 3.80. The molecular weight excluding hydrogens is 332 g/mol. The number of nitrogens with zero attached hydrogens (tertiary/aromatic N) is 1. The summed E-state index contributed by atoms with van der Waals surface area (Å²) in [6.45, 7) is 4.97. The summed E-state index contributed by atoms with van der Waals surface area (Å²) in [6.07, 6.45) is 9.56. The lowest BCUT2D eigenvalue weighted by Gasteiger charge is -2.26. The van der Waals surface area contributed by atoms with Crippen LogP contribution in [0.15, 0.2) is 9.85 Å². The molecule has 0 saturated carbocycles. The Morgan fingerprint density at radius 2 is 2.00 bits per heavy atom. The fourth-order valence-corrected chi connectivity index (χ4v) is 5.31. The van der Waals surface area contributed by atoms with Crippen molar-refractivity contribution in [1.29, 1.82) is 0 Å². The van der Waals surface area contributed by atoms with Gasteiger partial charge in [-0.3, -0.25) is 0 Å². The first-order valence-electron chi connectivity index (χ1n) is 8.07. The van der Waals surface area contributed by atoms with E-state index in [9.17, 15) is 0 Å². The van der Waals surface area contributed by atoms with Gasteiger partial charge in [-0.1, -0.05) is 12.8 Å². The van der Waals surface area contributed by atoms with E-state index >= 15 is 0 Å². The summed E-state index contributed by atoms with van der Waals surface area (Å²) in [5.41, 5.74) is 1.56. The maximum absolute atomic E-state index is 3.80. The molecule has 1 unspecified atom stereocenters. The van der Waals surface area contributed by atoms with Crippen LogP contribution in [0.4, 0.5) is 0 Å². The van der Waals surface area contributed by atoms with Gasteiger partial charge in [-0.05, 0) is 72.8 Å². The number of fused-ring (bicyclic) bond motifs is 1. The van der Waals surface area contributed by atoms with Gasteiger partial charge in [0.2, 0.25) is 0 Å². The Labute approximate surface area is 135 Å². The highest BCUT2D eigenvalue weighted by Gasteiger charge is 2.22. The fraction of sp³-hybridized carbons (Fsp3) is 0.750. The third-order valence-electron chi connectivity index (χ3n) is 4.60. The molecule has 1 atom stereocenters. The number of hydrogen-bond donors (Lipinski definition) is 1. The van der Waals surface area contributed by atoms with E-state index in [2.05, 4.69) is 32.2 Å². The molecule has 20 heavy (non-hydrogen) atoms. The quantitative estimate of drug-likeness (QED) is 0.862. The lowest BCUT2D eigenvalue weighted by molar-refractivity contribution is 0.276. The molecule has 1 N–H and O–H groups in total. The van der Waals surface area contributed by atoms with Crippen LogP contribution in [0.25, 0.3) is 0 Å². The van der Waals surface area contributed by atoms with Crippen LogP contribution in [-0.2, 0) is 6.42 Å². The van der Waals surface area contributed by atoms with Crippen LogP contribution < -0.4 is 5.32 Å². The van der Waals surface area contributed by atoms with Gasteiger partial charge in [-0.25, -0.2) is 0 Å². The average molecular weight is 357 g/mol. The summed E-state index contributed by atoms with van der Waals surface area (Å²) >= 11 is 5.57. The van der Waals surface area contributed by atoms with Crippen LogP contribution in [0.1, 0.15) is 55.0 Å². The minimum atomic E-state index is 0.591. The van der Waals surface area contributed by atoms with Gasteiger partial charge in [0.15, 0.2) is 0 Å². The van der Waals surface area contributed by atoms with Crippen LogP contribution in [0, 0.1) is 0 Å². The molecule has 0 spiro atoms. The van der Waals surface area contributed by atoms with Crippen molar-refractivity contribution in [2.24, 2.45) is 0 Å². The molecule has 1 aliphatic heterocycles. The molecule has 0 bridgehead atoms. The van der Waals surface area contributed by atoms with E-state index in [1.807, 2.05) is 11.3 Å². The molecule has 2 heterocycles. The maximum Gasteiger partial charge on any atom is 0.0704 e. The zero-order chi connectivity index (χ0) is 13.8. The SMILES string of the molecule is Brc1cc2c(s1)CCCC2NCCN1CCCCCC1. The first kappa shape index (κ1) is 15.0. The molecule has 112 valence electrons. The summed E-state index contributed by atoms with van der Waals surface area (Å²) < 4.78 is 1.30. The molecule has 1 aliphatic carbocycles. The molecular formula is C16H25BrN2S. The van der Waals surface area contributed by atoms with Gasteiger partial charge in [-0.15, -0.1) is 11.3 Å². The van der Waals surface area contributed by atoms with Gasteiger partial charge >= 0.3 is 0 Å². The summed E-state index contributed by atoms with van der Waals surface area (Å²) in [5.74, 6) is 0. The molecule has 4 heteroatoms. The third-order valence-corrected chi connectivity index (χ3v) is 6.31. The standard InChI is InChI=1S/C16H25BrN2S/c17-16-12-13-14(6-5-7-15(13)20-16)18-8-11-19-9-3-1-2-4-10-19/h12,14,18H,1-11H2. The van der Waals surface area contributed by atoms with E-state index in [1.54, 1.807) is 10.4 Å². The number of thiophene rings is 1. The van der Waals surface area contributed by atoms with Crippen molar-refractivity contribution in [3.05, 3.63) is 20.3 Å². The highest BCUT2D eigenvalue weighted by atomic mass is 79.9. The zero-order valence-corrected chi connectivity index (χ0v) is 14.6. The molecule has 0 aromatic carbocycles. The first-order chi connectivity index (χ1) is 9.83. The first-order valence-corrected chi connectivity index (χ1v) is 9.68. The number of halogens is 1. The predicted octanol–water partition coefficient (Wildman–Crippen LogP) is 4.35. The van der Waals surface area contributed by atoms with E-state index < -0.39 is 0 Å². The van der Waals surface area contributed by atoms with Crippen molar-refractivity contribution in [3.8, 4) is 0 Å². The number of likely N-dealkylation sites (tertiary alicyclic amines) is 1. The minimum Gasteiger partial charge on any atom is -0.309 e. The van der Waals surface area contributed by atoms with Crippen molar-refractivity contribution >= 4 is 27.3 Å². The predicted molar refractivity (Wildman–Crippen MR) is 90.6 cm³/mol. The Morgan fingerprint density at radius 1 is 1.20 bits per heavy atom. The van der Waals surface area contributed by atoms with Crippen molar-refractivity contribution in [3.63, 3.8) is 0 Å². The Hall–Kier alpha value is 0.1000. The average Bonchev–Trinajstić information content (AvgIpc) is 2.66. The van der Waals surface area contributed by atoms with Crippen molar-refractivity contribution in [2.75, 3.05) is 26.2 Å². The van der Waals surface area contributed by atoms with Crippen LogP contribution in [-0.4, -0.2) is 31.1 Å². The van der Waals surface area contributed by atoms with Gasteiger partial charge in [0.25, 0.3) is 0 Å². The molecule has 2 nitrogen and oxygen atoms in total. The zero-order valence-electron chi connectivity index (χ0n) is 12.2. The number of hydrogen-bond acceptors (Lipinski definition) is 3. The van der Waals surface area contributed by atoms with Crippen molar-refractivity contribution in [2.45, 2.75) is 51.0 Å². The van der Waals surface area contributed by atoms with Gasteiger partial charge in [-0.2, -0.15) is 0 Å². The number of nitrogens with one attached hydrogen (secondary N) is 1. The second-order valence-corrected chi connectivity index (χ2v) is 8.60. The van der Waals surface area contributed by atoms with Crippen LogP contribution in [0.3, 0.4) is 0 Å². The maximum atomic E-state index is 3.80. The largest absolute Gasteiger partial charge is 0.309 e. The smallest absolute Gasteiger partial charge is 0.0704 e. The molecule has 0 radical (unpaired) electrons. The molecule has 3 rings (SSSR count). The van der Waals surface area contributed by atoms with Gasteiger partial charge in [0, 0.05) is 24.0 Å². The molecule has 1 fully saturated rings. The Balaban J connectivity index is 1.49. The van der Waals surface area contributed by atoms with Crippen LogP contribution in [0.5, 0.6) is 0 Å². The molecule has 1 aromatic rings. The topological polar surface area (TPSA) is 15.3 Å². The fourth-order valence-electron chi connectivity index (χ4n) is 3.49. The van der Waals surface area contributed by atoms with E-state index in [0.29, 0.717) is 6.04 Å². The highest BCUT2D eigenvalue weighted by molar-refractivity contribution is 9.11. The second-order valence-electron chi connectivity index (χ2n) is 6.08. The Morgan fingerprint density at radius 3 is 2.80 bits per heavy atom. The molecule has 2 aliphatic rings. The third kappa shape index (κ3) is 3.85. The van der Waals surface area contributed by atoms with Crippen molar-refractivity contribution < 1.29 is 0 Å². The van der Waals surface area contributed by atoms with E-state index in [-0.39, 0.29) is 0 Å². The van der Waals surface area contributed by atoms with Gasteiger partial charge in [0.05, 0.1) is 3.79 Å². The number of aryl methyl sites for hydroxylation is 1.